The van der Waals surface area contributed by atoms with Gasteiger partial charge in [-0.2, -0.15) is 0 Å². The zero-order valence-electron chi connectivity index (χ0n) is 20.1. The minimum Gasteiger partial charge on any atom is -0.497 e. The van der Waals surface area contributed by atoms with Gasteiger partial charge in [0.15, 0.2) is 0 Å². The van der Waals surface area contributed by atoms with Crippen molar-refractivity contribution in [1.82, 2.24) is 10.2 Å². The predicted octanol–water partition coefficient (Wildman–Crippen LogP) is 4.36. The topological polar surface area (TPSA) is 73.2 Å². The molecule has 1 amide bonds. The molecule has 180 valence electrons. The van der Waals surface area contributed by atoms with Crippen LogP contribution in [0.15, 0.2) is 53.2 Å². The van der Waals surface area contributed by atoms with Crippen LogP contribution in [0.2, 0.25) is 0 Å². The van der Waals surface area contributed by atoms with E-state index in [1.165, 1.54) is 0 Å². The van der Waals surface area contributed by atoms with E-state index >= 15 is 0 Å². The number of carbonyl (C=O) groups excluding carboxylic acids is 1. The van der Waals surface area contributed by atoms with Gasteiger partial charge in [0.2, 0.25) is 5.91 Å². The summed E-state index contributed by atoms with van der Waals surface area (Å²) in [5.41, 5.74) is 4.44. The first-order valence-electron chi connectivity index (χ1n) is 11.7. The van der Waals surface area contributed by atoms with Crippen molar-refractivity contribution in [2.24, 2.45) is 0 Å². The Labute approximate surface area is 200 Å². The van der Waals surface area contributed by atoms with Gasteiger partial charge < -0.3 is 23.9 Å². The molecule has 1 aromatic heterocycles. The van der Waals surface area contributed by atoms with Crippen LogP contribution in [-0.4, -0.2) is 63.9 Å². The molecule has 7 heteroatoms. The molecule has 1 aliphatic rings. The van der Waals surface area contributed by atoms with Crippen molar-refractivity contribution in [3.05, 3.63) is 54.3 Å². The van der Waals surface area contributed by atoms with Gasteiger partial charge in [-0.3, -0.25) is 9.69 Å². The molecule has 0 spiro atoms. The number of amides is 1. The monoisotopic (exact) mass is 464 g/mol. The summed E-state index contributed by atoms with van der Waals surface area (Å²) in [4.78, 5) is 14.9. The van der Waals surface area contributed by atoms with E-state index in [4.69, 9.17) is 18.6 Å². The van der Waals surface area contributed by atoms with Crippen molar-refractivity contribution in [2.45, 2.75) is 13.8 Å². The summed E-state index contributed by atoms with van der Waals surface area (Å²) < 4.78 is 22.4. The Hall–Kier alpha value is -3.29. The Kier molecular flexibility index (Phi) is 7.87. The number of ether oxygens (including phenoxy) is 3. The third-order valence-electron chi connectivity index (χ3n) is 5.98. The zero-order valence-corrected chi connectivity index (χ0v) is 20.1. The summed E-state index contributed by atoms with van der Waals surface area (Å²) in [7, 11) is 1.65. The van der Waals surface area contributed by atoms with Gasteiger partial charge in [-0.25, -0.2) is 0 Å². The highest BCUT2D eigenvalue weighted by Gasteiger charge is 2.16. The van der Waals surface area contributed by atoms with Gasteiger partial charge in [0, 0.05) is 54.8 Å². The number of morpholine rings is 1. The van der Waals surface area contributed by atoms with Crippen LogP contribution in [-0.2, 0) is 9.53 Å². The van der Waals surface area contributed by atoms with Crippen molar-refractivity contribution < 1.29 is 23.4 Å². The van der Waals surface area contributed by atoms with Gasteiger partial charge in [-0.15, -0.1) is 0 Å². The van der Waals surface area contributed by atoms with Gasteiger partial charge in [0.1, 0.15) is 17.1 Å². The van der Waals surface area contributed by atoms with E-state index < -0.39 is 0 Å². The Balaban J connectivity index is 1.56. The predicted molar refractivity (Wildman–Crippen MR) is 133 cm³/mol. The van der Waals surface area contributed by atoms with E-state index in [0.717, 1.165) is 71.8 Å². The molecule has 1 aliphatic heterocycles. The number of allylic oxidation sites excluding steroid dienone is 1. The highest BCUT2D eigenvalue weighted by atomic mass is 16.5. The van der Waals surface area contributed by atoms with Crippen LogP contribution in [0.25, 0.3) is 27.7 Å². The fraction of sp³-hybridized carbons (Fsp3) is 0.370. The highest BCUT2D eigenvalue weighted by Crippen LogP contribution is 2.37. The molecule has 0 atom stereocenters. The number of nitrogens with zero attached hydrogens (tertiary/aromatic N) is 1. The summed E-state index contributed by atoms with van der Waals surface area (Å²) in [6.07, 6.45) is 3.39. The molecule has 0 aliphatic carbocycles. The molecule has 7 nitrogen and oxygen atoms in total. The number of hydrogen-bond acceptors (Lipinski definition) is 6. The van der Waals surface area contributed by atoms with Gasteiger partial charge in [0.05, 0.1) is 33.2 Å². The van der Waals surface area contributed by atoms with E-state index in [9.17, 15) is 4.79 Å². The van der Waals surface area contributed by atoms with Crippen LogP contribution in [0, 0.1) is 0 Å². The largest absolute Gasteiger partial charge is 0.497 e. The average Bonchev–Trinajstić information content (AvgIpc) is 3.27. The Morgan fingerprint density at radius 2 is 1.94 bits per heavy atom. The third kappa shape index (κ3) is 5.61. The minimum absolute atomic E-state index is 0.115. The number of nitrogens with one attached hydrogen (secondary N) is 1. The maximum absolute atomic E-state index is 12.6. The summed E-state index contributed by atoms with van der Waals surface area (Å²) in [5.74, 6) is 1.38. The Morgan fingerprint density at radius 3 is 2.65 bits per heavy atom. The van der Waals surface area contributed by atoms with Crippen molar-refractivity contribution in [2.75, 3.05) is 53.1 Å². The van der Waals surface area contributed by atoms with Gasteiger partial charge >= 0.3 is 0 Å². The second kappa shape index (κ2) is 11.2. The summed E-state index contributed by atoms with van der Waals surface area (Å²) in [6, 6.07) is 11.8. The SMILES string of the molecule is CCOc1cc2occ(-c3ccc(OC)cc3)c2cc1/C(C)=C/C(=O)NCCN1CCOCC1. The van der Waals surface area contributed by atoms with E-state index in [1.807, 2.05) is 50.2 Å². The number of carbonyl (C=O) groups is 1. The van der Waals surface area contributed by atoms with Crippen molar-refractivity contribution in [1.29, 1.82) is 0 Å². The van der Waals surface area contributed by atoms with Crippen LogP contribution in [0.3, 0.4) is 0 Å². The molecule has 0 saturated carbocycles. The molecule has 2 heterocycles. The summed E-state index contributed by atoms with van der Waals surface area (Å²) in [5, 5.41) is 3.96. The second-order valence-electron chi connectivity index (χ2n) is 8.23. The normalized spacial score (nSPS) is 14.9. The molecule has 0 bridgehead atoms. The standard InChI is InChI=1S/C27H32N2O5/c1-4-33-25-17-26-23(24(18-34-26)20-5-7-21(31-3)8-6-20)16-22(25)19(2)15-27(30)28-9-10-29-11-13-32-14-12-29/h5-8,15-18H,4,9-14H2,1-3H3,(H,28,30)/b19-15+. The first kappa shape index (κ1) is 23.9. The molecule has 0 radical (unpaired) electrons. The lowest BCUT2D eigenvalue weighted by molar-refractivity contribution is -0.116. The quantitative estimate of drug-likeness (QED) is 0.475. The first-order chi connectivity index (χ1) is 16.6. The number of benzene rings is 2. The lowest BCUT2D eigenvalue weighted by atomic mass is 9.99. The maximum Gasteiger partial charge on any atom is 0.244 e. The molecule has 2 aromatic carbocycles. The molecule has 4 rings (SSSR count). The van der Waals surface area contributed by atoms with Crippen LogP contribution < -0.4 is 14.8 Å². The summed E-state index contributed by atoms with van der Waals surface area (Å²) >= 11 is 0. The van der Waals surface area contributed by atoms with Crippen molar-refractivity contribution >= 4 is 22.4 Å². The molecule has 1 N–H and O–H groups in total. The number of methoxy groups -OCH3 is 1. The second-order valence-corrected chi connectivity index (χ2v) is 8.23. The van der Waals surface area contributed by atoms with Crippen molar-refractivity contribution in [3.8, 4) is 22.6 Å². The minimum atomic E-state index is -0.115. The molecular formula is C27H32N2O5. The fourth-order valence-electron chi connectivity index (χ4n) is 4.12. The van der Waals surface area contributed by atoms with E-state index in [2.05, 4.69) is 10.2 Å². The Bertz CT molecular complexity index is 1140. The zero-order chi connectivity index (χ0) is 23.9. The van der Waals surface area contributed by atoms with E-state index in [1.54, 1.807) is 19.4 Å². The fourth-order valence-corrected chi connectivity index (χ4v) is 4.12. The lowest BCUT2D eigenvalue weighted by Crippen LogP contribution is -2.41. The van der Waals surface area contributed by atoms with Crippen molar-refractivity contribution in [3.63, 3.8) is 0 Å². The van der Waals surface area contributed by atoms with Gasteiger partial charge in [-0.05, 0) is 43.2 Å². The smallest absolute Gasteiger partial charge is 0.244 e. The molecule has 1 saturated heterocycles. The number of hydrogen-bond donors (Lipinski definition) is 1. The molecular weight excluding hydrogens is 432 g/mol. The third-order valence-corrected chi connectivity index (χ3v) is 5.98. The number of rotatable bonds is 9. The van der Waals surface area contributed by atoms with E-state index in [0.29, 0.717) is 18.9 Å². The molecule has 1 fully saturated rings. The molecule has 3 aromatic rings. The Morgan fingerprint density at radius 1 is 1.18 bits per heavy atom. The first-order valence-corrected chi connectivity index (χ1v) is 11.7. The van der Waals surface area contributed by atoms with Crippen LogP contribution in [0.1, 0.15) is 19.4 Å². The highest BCUT2D eigenvalue weighted by molar-refractivity contribution is 6.00. The molecule has 34 heavy (non-hydrogen) atoms. The van der Waals surface area contributed by atoms with Crippen LogP contribution in [0.4, 0.5) is 0 Å². The van der Waals surface area contributed by atoms with E-state index in [-0.39, 0.29) is 5.91 Å². The number of fused-ring (bicyclic) bond motifs is 1. The van der Waals surface area contributed by atoms with Crippen LogP contribution >= 0.6 is 0 Å². The maximum atomic E-state index is 12.6. The average molecular weight is 465 g/mol. The number of furan rings is 1. The summed E-state index contributed by atoms with van der Waals surface area (Å²) in [6.45, 7) is 9.12. The van der Waals surface area contributed by atoms with Crippen LogP contribution in [0.5, 0.6) is 11.5 Å². The van der Waals surface area contributed by atoms with Gasteiger partial charge in [0.25, 0.3) is 0 Å². The lowest BCUT2D eigenvalue weighted by Gasteiger charge is -2.26. The molecule has 0 unspecified atom stereocenters. The van der Waals surface area contributed by atoms with Gasteiger partial charge in [-0.1, -0.05) is 12.1 Å².